The maximum atomic E-state index is 11.6. The van der Waals surface area contributed by atoms with E-state index < -0.39 is 6.03 Å². The number of benzene rings is 2. The van der Waals surface area contributed by atoms with E-state index in [1.165, 1.54) is 6.21 Å². The molecule has 2 aromatic rings. The summed E-state index contributed by atoms with van der Waals surface area (Å²) >= 11 is 3.31. The number of carbonyl (C=O) groups excluding carboxylic acids is 1. The molecule has 102 valence electrons. The van der Waals surface area contributed by atoms with Gasteiger partial charge < -0.3 is 10.4 Å². The Kier molecular flexibility index (Phi) is 4.73. The van der Waals surface area contributed by atoms with Crippen molar-refractivity contribution in [2.75, 3.05) is 5.32 Å². The normalized spacial score (nSPS) is 10.4. The van der Waals surface area contributed by atoms with E-state index in [-0.39, 0.29) is 5.75 Å². The molecule has 2 aromatic carbocycles. The van der Waals surface area contributed by atoms with Gasteiger partial charge in [-0.1, -0.05) is 28.1 Å². The summed E-state index contributed by atoms with van der Waals surface area (Å²) in [5.74, 6) is 0.103. The molecule has 0 heterocycles. The number of hydrogen-bond acceptors (Lipinski definition) is 3. The number of carbonyl (C=O) groups is 1. The molecule has 0 unspecified atom stereocenters. The van der Waals surface area contributed by atoms with Gasteiger partial charge in [0.15, 0.2) is 0 Å². The highest BCUT2D eigenvalue weighted by Gasteiger charge is 2.00. The van der Waals surface area contributed by atoms with Gasteiger partial charge in [0.25, 0.3) is 0 Å². The molecule has 0 spiro atoms. The third-order valence-corrected chi connectivity index (χ3v) is 2.94. The number of anilines is 1. The second kappa shape index (κ2) is 6.72. The van der Waals surface area contributed by atoms with Crippen molar-refractivity contribution >= 4 is 33.9 Å². The summed E-state index contributed by atoms with van der Waals surface area (Å²) in [7, 11) is 0. The highest BCUT2D eigenvalue weighted by Crippen LogP contribution is 2.14. The molecular weight excluding hydrogens is 322 g/mol. The van der Waals surface area contributed by atoms with Crippen LogP contribution in [-0.2, 0) is 0 Å². The standard InChI is InChI=1S/C14H12BrN3O2/c15-11-5-7-12(8-6-11)17-14(20)18-16-9-10-3-1-2-4-13(10)19/h1-9,19H,(H2,17,18,20)/b16-9+. The van der Waals surface area contributed by atoms with Crippen LogP contribution in [0.4, 0.5) is 10.5 Å². The van der Waals surface area contributed by atoms with E-state index in [0.29, 0.717) is 11.3 Å². The Morgan fingerprint density at radius 1 is 1.15 bits per heavy atom. The Bertz CT molecular complexity index is 627. The van der Waals surface area contributed by atoms with Crippen molar-refractivity contribution in [2.45, 2.75) is 0 Å². The summed E-state index contributed by atoms with van der Waals surface area (Å²) in [5, 5.41) is 15.9. The van der Waals surface area contributed by atoms with Crippen molar-refractivity contribution in [2.24, 2.45) is 5.10 Å². The van der Waals surface area contributed by atoms with E-state index in [2.05, 4.69) is 31.8 Å². The molecule has 0 aliphatic rings. The van der Waals surface area contributed by atoms with Crippen LogP contribution in [-0.4, -0.2) is 17.4 Å². The number of phenols is 1. The first kappa shape index (κ1) is 14.1. The van der Waals surface area contributed by atoms with E-state index >= 15 is 0 Å². The number of halogens is 1. The van der Waals surface area contributed by atoms with Gasteiger partial charge in [0.1, 0.15) is 5.75 Å². The first-order valence-electron chi connectivity index (χ1n) is 5.79. The Hall–Kier alpha value is -2.34. The molecule has 0 atom stereocenters. The molecule has 5 nitrogen and oxygen atoms in total. The maximum Gasteiger partial charge on any atom is 0.339 e. The summed E-state index contributed by atoms with van der Waals surface area (Å²) in [6.45, 7) is 0. The van der Waals surface area contributed by atoms with Gasteiger partial charge in [0, 0.05) is 15.7 Å². The second-order valence-corrected chi connectivity index (χ2v) is 4.81. The fourth-order valence-electron chi connectivity index (χ4n) is 1.45. The van der Waals surface area contributed by atoms with Crippen LogP contribution in [0.2, 0.25) is 0 Å². The summed E-state index contributed by atoms with van der Waals surface area (Å²) in [6.07, 6.45) is 1.37. The number of nitrogens with one attached hydrogen (secondary N) is 2. The van der Waals surface area contributed by atoms with Gasteiger partial charge in [-0.2, -0.15) is 5.10 Å². The molecule has 0 bridgehead atoms. The molecule has 6 heteroatoms. The summed E-state index contributed by atoms with van der Waals surface area (Å²) in [5.41, 5.74) is 3.50. The fraction of sp³-hybridized carbons (Fsp3) is 0. The number of hydrogen-bond donors (Lipinski definition) is 3. The van der Waals surface area contributed by atoms with Crippen molar-refractivity contribution < 1.29 is 9.90 Å². The van der Waals surface area contributed by atoms with Gasteiger partial charge in [0.2, 0.25) is 0 Å². The molecule has 2 rings (SSSR count). The summed E-state index contributed by atoms with van der Waals surface area (Å²) in [6, 6.07) is 13.4. The largest absolute Gasteiger partial charge is 0.507 e. The first-order valence-corrected chi connectivity index (χ1v) is 6.58. The highest BCUT2D eigenvalue weighted by atomic mass is 79.9. The zero-order valence-electron chi connectivity index (χ0n) is 10.4. The van der Waals surface area contributed by atoms with Crippen LogP contribution < -0.4 is 10.7 Å². The van der Waals surface area contributed by atoms with Crippen LogP contribution in [0, 0.1) is 0 Å². The average Bonchev–Trinajstić information content (AvgIpc) is 2.43. The number of aromatic hydroxyl groups is 1. The van der Waals surface area contributed by atoms with Crippen LogP contribution in [0.3, 0.4) is 0 Å². The molecule has 3 N–H and O–H groups in total. The predicted molar refractivity (Wildman–Crippen MR) is 82.0 cm³/mol. The van der Waals surface area contributed by atoms with E-state index in [4.69, 9.17) is 0 Å². The maximum absolute atomic E-state index is 11.6. The van der Waals surface area contributed by atoms with Gasteiger partial charge in [-0.15, -0.1) is 0 Å². The minimum absolute atomic E-state index is 0.103. The third-order valence-electron chi connectivity index (χ3n) is 2.41. The van der Waals surface area contributed by atoms with Crippen molar-refractivity contribution in [1.82, 2.24) is 5.43 Å². The van der Waals surface area contributed by atoms with Crippen molar-refractivity contribution in [3.05, 3.63) is 58.6 Å². The van der Waals surface area contributed by atoms with E-state index in [0.717, 1.165) is 4.47 Å². The number of urea groups is 1. The van der Waals surface area contributed by atoms with Gasteiger partial charge in [-0.05, 0) is 36.4 Å². The van der Waals surface area contributed by atoms with Crippen molar-refractivity contribution in [3.8, 4) is 5.75 Å². The van der Waals surface area contributed by atoms with Gasteiger partial charge in [-0.25, -0.2) is 10.2 Å². The molecular formula is C14H12BrN3O2. The number of nitrogens with zero attached hydrogens (tertiary/aromatic N) is 1. The molecule has 20 heavy (non-hydrogen) atoms. The number of hydrazone groups is 1. The quantitative estimate of drug-likeness (QED) is 0.595. The van der Waals surface area contributed by atoms with E-state index in [9.17, 15) is 9.90 Å². The minimum atomic E-state index is -0.459. The van der Waals surface area contributed by atoms with Crippen LogP contribution in [0.5, 0.6) is 5.75 Å². The van der Waals surface area contributed by atoms with Crippen molar-refractivity contribution in [3.63, 3.8) is 0 Å². The molecule has 0 saturated carbocycles. The summed E-state index contributed by atoms with van der Waals surface area (Å²) < 4.78 is 0.932. The van der Waals surface area contributed by atoms with E-state index in [1.54, 1.807) is 36.4 Å². The monoisotopic (exact) mass is 333 g/mol. The molecule has 0 aromatic heterocycles. The lowest BCUT2D eigenvalue weighted by atomic mass is 10.2. The topological polar surface area (TPSA) is 73.7 Å². The lowest BCUT2D eigenvalue weighted by Crippen LogP contribution is -2.24. The number of rotatable bonds is 3. The zero-order chi connectivity index (χ0) is 14.4. The molecule has 0 radical (unpaired) electrons. The van der Waals surface area contributed by atoms with E-state index in [1.807, 2.05) is 12.1 Å². The van der Waals surface area contributed by atoms with Crippen LogP contribution >= 0.6 is 15.9 Å². The highest BCUT2D eigenvalue weighted by molar-refractivity contribution is 9.10. The average molecular weight is 334 g/mol. The smallest absolute Gasteiger partial charge is 0.339 e. The second-order valence-electron chi connectivity index (χ2n) is 3.89. The van der Waals surface area contributed by atoms with Crippen LogP contribution in [0.25, 0.3) is 0 Å². The minimum Gasteiger partial charge on any atom is -0.507 e. The lowest BCUT2D eigenvalue weighted by molar-refractivity contribution is 0.252. The summed E-state index contributed by atoms with van der Waals surface area (Å²) in [4.78, 5) is 11.6. The third kappa shape index (κ3) is 4.10. The predicted octanol–water partition coefficient (Wildman–Crippen LogP) is 3.31. The molecule has 0 saturated heterocycles. The lowest BCUT2D eigenvalue weighted by Gasteiger charge is -2.04. The fourth-order valence-corrected chi connectivity index (χ4v) is 1.71. The van der Waals surface area contributed by atoms with Gasteiger partial charge >= 0.3 is 6.03 Å². The number of phenolic OH excluding ortho intramolecular Hbond substituents is 1. The van der Waals surface area contributed by atoms with Gasteiger partial charge in [-0.3, -0.25) is 0 Å². The van der Waals surface area contributed by atoms with Gasteiger partial charge in [0.05, 0.1) is 6.21 Å². The molecule has 0 aliphatic carbocycles. The Labute approximate surface area is 124 Å². The molecule has 0 fully saturated rings. The molecule has 2 amide bonds. The first-order chi connectivity index (χ1) is 9.65. The van der Waals surface area contributed by atoms with Crippen LogP contribution in [0.1, 0.15) is 5.56 Å². The SMILES string of the molecule is O=C(N/N=C/c1ccccc1O)Nc1ccc(Br)cc1. The Morgan fingerprint density at radius 2 is 1.85 bits per heavy atom. The number of para-hydroxylation sites is 1. The van der Waals surface area contributed by atoms with Crippen LogP contribution in [0.15, 0.2) is 58.1 Å². The number of amides is 2. The Balaban J connectivity index is 1.89. The zero-order valence-corrected chi connectivity index (χ0v) is 12.0. The molecule has 0 aliphatic heterocycles. The van der Waals surface area contributed by atoms with Crippen molar-refractivity contribution in [1.29, 1.82) is 0 Å². The Morgan fingerprint density at radius 3 is 2.55 bits per heavy atom.